The van der Waals surface area contributed by atoms with E-state index in [4.69, 9.17) is 0 Å². The van der Waals surface area contributed by atoms with Crippen LogP contribution in [0.5, 0.6) is 0 Å². The minimum Gasteiger partial charge on any atom is -0.384 e. The lowest BCUT2D eigenvalue weighted by atomic mass is 10.2. The van der Waals surface area contributed by atoms with E-state index in [1.807, 2.05) is 6.92 Å². The highest BCUT2D eigenvalue weighted by Crippen LogP contribution is 2.16. The van der Waals surface area contributed by atoms with Gasteiger partial charge in [-0.25, -0.2) is 8.42 Å². The van der Waals surface area contributed by atoms with E-state index in [0.717, 1.165) is 18.7 Å². The number of pyridine rings is 1. The fraction of sp³-hybridized carbons (Fsp3) is 0.538. The third-order valence-electron chi connectivity index (χ3n) is 3.20. The van der Waals surface area contributed by atoms with Crippen LogP contribution in [-0.2, 0) is 9.84 Å². The molecule has 1 atom stereocenters. The maximum Gasteiger partial charge on any atom is 0.255 e. The van der Waals surface area contributed by atoms with Crippen molar-refractivity contribution in [2.24, 2.45) is 0 Å². The number of rotatable bonds is 5. The number of carbonyl (C=O) groups is 1. The SMILES string of the molecule is CCCNc1ccncc1C(=O)NC1CCS(=O)(=O)C1. The van der Waals surface area contributed by atoms with Crippen molar-refractivity contribution in [3.63, 3.8) is 0 Å². The summed E-state index contributed by atoms with van der Waals surface area (Å²) in [6.45, 7) is 2.80. The second kappa shape index (κ2) is 6.21. The van der Waals surface area contributed by atoms with Gasteiger partial charge in [0.1, 0.15) is 0 Å². The van der Waals surface area contributed by atoms with Crippen LogP contribution in [0, 0.1) is 0 Å². The molecule has 0 saturated carbocycles. The molecule has 2 N–H and O–H groups in total. The van der Waals surface area contributed by atoms with Gasteiger partial charge in [-0.1, -0.05) is 6.92 Å². The molecule has 1 fully saturated rings. The summed E-state index contributed by atoms with van der Waals surface area (Å²) in [5, 5.41) is 5.94. The van der Waals surface area contributed by atoms with Gasteiger partial charge in [0, 0.05) is 25.0 Å². The standard InChI is InChI=1S/C13H19N3O3S/c1-2-5-15-12-3-6-14-8-11(12)13(17)16-10-4-7-20(18,19)9-10/h3,6,8,10H,2,4-5,7,9H2,1H3,(H,14,15)(H,16,17). The van der Waals surface area contributed by atoms with E-state index in [9.17, 15) is 13.2 Å². The molecule has 1 aliphatic heterocycles. The molecular formula is C13H19N3O3S. The zero-order valence-electron chi connectivity index (χ0n) is 11.4. The smallest absolute Gasteiger partial charge is 0.255 e. The highest BCUT2D eigenvalue weighted by atomic mass is 32.2. The van der Waals surface area contributed by atoms with Crippen LogP contribution in [0.2, 0.25) is 0 Å². The monoisotopic (exact) mass is 297 g/mol. The van der Waals surface area contributed by atoms with Crippen LogP contribution >= 0.6 is 0 Å². The number of aromatic nitrogens is 1. The highest BCUT2D eigenvalue weighted by molar-refractivity contribution is 7.91. The van der Waals surface area contributed by atoms with Crippen LogP contribution in [0.4, 0.5) is 5.69 Å². The molecule has 20 heavy (non-hydrogen) atoms. The number of sulfone groups is 1. The Bertz CT molecular complexity index is 586. The fourth-order valence-electron chi connectivity index (χ4n) is 2.16. The minimum atomic E-state index is -2.99. The van der Waals surface area contributed by atoms with E-state index in [-0.39, 0.29) is 23.5 Å². The summed E-state index contributed by atoms with van der Waals surface area (Å²) in [6, 6.07) is 1.45. The van der Waals surface area contributed by atoms with Crippen LogP contribution < -0.4 is 10.6 Å². The van der Waals surface area contributed by atoms with Crippen molar-refractivity contribution in [2.75, 3.05) is 23.4 Å². The summed E-state index contributed by atoms with van der Waals surface area (Å²) in [5.74, 6) is -0.110. The lowest BCUT2D eigenvalue weighted by Gasteiger charge is -2.14. The molecule has 1 saturated heterocycles. The van der Waals surface area contributed by atoms with E-state index in [1.54, 1.807) is 12.3 Å². The Hall–Kier alpha value is -1.63. The van der Waals surface area contributed by atoms with Gasteiger partial charge in [-0.2, -0.15) is 0 Å². The van der Waals surface area contributed by atoms with Gasteiger partial charge in [0.25, 0.3) is 5.91 Å². The highest BCUT2D eigenvalue weighted by Gasteiger charge is 2.29. The molecule has 0 bridgehead atoms. The topological polar surface area (TPSA) is 88.2 Å². The quantitative estimate of drug-likeness (QED) is 0.840. The molecule has 0 aliphatic carbocycles. The molecule has 7 heteroatoms. The number of carbonyl (C=O) groups excluding carboxylic acids is 1. The number of nitrogens with zero attached hydrogens (tertiary/aromatic N) is 1. The average molecular weight is 297 g/mol. The number of hydrogen-bond acceptors (Lipinski definition) is 5. The summed E-state index contributed by atoms with van der Waals surface area (Å²) in [5.41, 5.74) is 1.17. The Morgan fingerprint density at radius 3 is 2.95 bits per heavy atom. The van der Waals surface area contributed by atoms with Crippen molar-refractivity contribution in [1.82, 2.24) is 10.3 Å². The molecule has 1 amide bonds. The molecule has 0 aromatic carbocycles. The minimum absolute atomic E-state index is 0.0245. The van der Waals surface area contributed by atoms with Crippen LogP contribution in [-0.4, -0.2) is 43.4 Å². The molecule has 1 aromatic heterocycles. The third kappa shape index (κ3) is 3.69. The summed E-state index contributed by atoms with van der Waals surface area (Å²) in [7, 11) is -2.99. The number of anilines is 1. The normalized spacial score (nSPS) is 20.6. The lowest BCUT2D eigenvalue weighted by Crippen LogP contribution is -2.36. The van der Waals surface area contributed by atoms with Gasteiger partial charge in [0.05, 0.1) is 22.8 Å². The Morgan fingerprint density at radius 2 is 2.30 bits per heavy atom. The Morgan fingerprint density at radius 1 is 1.50 bits per heavy atom. The van der Waals surface area contributed by atoms with Crippen molar-refractivity contribution in [3.8, 4) is 0 Å². The number of amides is 1. The number of nitrogens with one attached hydrogen (secondary N) is 2. The number of hydrogen-bond donors (Lipinski definition) is 2. The van der Waals surface area contributed by atoms with Crippen molar-refractivity contribution < 1.29 is 13.2 Å². The molecule has 6 nitrogen and oxygen atoms in total. The van der Waals surface area contributed by atoms with Gasteiger partial charge in [-0.3, -0.25) is 9.78 Å². The molecule has 0 spiro atoms. The van der Waals surface area contributed by atoms with Crippen LogP contribution in [0.25, 0.3) is 0 Å². The van der Waals surface area contributed by atoms with E-state index in [1.165, 1.54) is 6.20 Å². The van der Waals surface area contributed by atoms with E-state index in [0.29, 0.717) is 12.0 Å². The van der Waals surface area contributed by atoms with E-state index < -0.39 is 9.84 Å². The van der Waals surface area contributed by atoms with E-state index >= 15 is 0 Å². The zero-order valence-corrected chi connectivity index (χ0v) is 12.2. The first-order valence-electron chi connectivity index (χ1n) is 6.71. The molecule has 2 heterocycles. The molecule has 1 aliphatic rings. The van der Waals surface area contributed by atoms with Crippen molar-refractivity contribution in [3.05, 3.63) is 24.0 Å². The molecule has 1 aromatic rings. The Labute approximate surface area is 118 Å². The summed E-state index contributed by atoms with van der Waals surface area (Å²) in [6.07, 6.45) is 4.54. The lowest BCUT2D eigenvalue weighted by molar-refractivity contribution is 0.0941. The Kier molecular flexibility index (Phi) is 4.59. The summed E-state index contributed by atoms with van der Waals surface area (Å²) in [4.78, 5) is 16.2. The van der Waals surface area contributed by atoms with Gasteiger partial charge in [-0.15, -0.1) is 0 Å². The van der Waals surface area contributed by atoms with Crippen molar-refractivity contribution >= 4 is 21.4 Å². The Balaban J connectivity index is 2.06. The predicted octanol–water partition coefficient (Wildman–Crippen LogP) is 0.820. The van der Waals surface area contributed by atoms with Gasteiger partial charge in [0.15, 0.2) is 9.84 Å². The molecule has 0 radical (unpaired) electrons. The predicted molar refractivity (Wildman–Crippen MR) is 77.5 cm³/mol. The largest absolute Gasteiger partial charge is 0.384 e. The maximum absolute atomic E-state index is 12.2. The first kappa shape index (κ1) is 14.8. The van der Waals surface area contributed by atoms with Gasteiger partial charge in [-0.05, 0) is 18.9 Å². The first-order chi connectivity index (χ1) is 9.52. The molecular weight excluding hydrogens is 278 g/mol. The van der Waals surface area contributed by atoms with Crippen LogP contribution in [0.1, 0.15) is 30.1 Å². The second-order valence-electron chi connectivity index (χ2n) is 4.92. The second-order valence-corrected chi connectivity index (χ2v) is 7.15. The van der Waals surface area contributed by atoms with Gasteiger partial charge >= 0.3 is 0 Å². The van der Waals surface area contributed by atoms with Crippen molar-refractivity contribution in [2.45, 2.75) is 25.8 Å². The van der Waals surface area contributed by atoms with E-state index in [2.05, 4.69) is 15.6 Å². The molecule has 2 rings (SSSR count). The molecule has 1 unspecified atom stereocenters. The summed E-state index contributed by atoms with van der Waals surface area (Å²) >= 11 is 0. The van der Waals surface area contributed by atoms with Crippen molar-refractivity contribution in [1.29, 1.82) is 0 Å². The average Bonchev–Trinajstić information content (AvgIpc) is 2.76. The first-order valence-corrected chi connectivity index (χ1v) is 8.53. The zero-order chi connectivity index (χ0) is 14.6. The van der Waals surface area contributed by atoms with Crippen LogP contribution in [0.3, 0.4) is 0 Å². The van der Waals surface area contributed by atoms with Crippen LogP contribution in [0.15, 0.2) is 18.5 Å². The fourth-order valence-corrected chi connectivity index (χ4v) is 3.83. The summed E-state index contributed by atoms with van der Waals surface area (Å²) < 4.78 is 22.8. The maximum atomic E-state index is 12.2. The third-order valence-corrected chi connectivity index (χ3v) is 4.97. The van der Waals surface area contributed by atoms with Gasteiger partial charge in [0.2, 0.25) is 0 Å². The van der Waals surface area contributed by atoms with Gasteiger partial charge < -0.3 is 10.6 Å². The molecule has 110 valence electrons.